The number of benzene rings is 1. The molecule has 6 nitrogen and oxygen atoms in total. The van der Waals surface area contributed by atoms with Crippen molar-refractivity contribution in [2.24, 2.45) is 0 Å². The number of rotatable bonds is 4. The van der Waals surface area contributed by atoms with Crippen molar-refractivity contribution in [3.63, 3.8) is 0 Å². The van der Waals surface area contributed by atoms with E-state index in [2.05, 4.69) is 44.5 Å². The van der Waals surface area contributed by atoms with E-state index < -0.39 is 9.84 Å². The molecule has 0 amide bonds. The van der Waals surface area contributed by atoms with Crippen LogP contribution in [0, 0.1) is 0 Å². The van der Waals surface area contributed by atoms with Crippen molar-refractivity contribution in [1.29, 1.82) is 0 Å². The van der Waals surface area contributed by atoms with Crippen molar-refractivity contribution in [2.75, 3.05) is 19.3 Å². The van der Waals surface area contributed by atoms with E-state index in [0.717, 1.165) is 37.3 Å². The normalized spacial score (nSPS) is 19.3. The summed E-state index contributed by atoms with van der Waals surface area (Å²) in [5.41, 5.74) is 3.18. The molecule has 1 fully saturated rings. The minimum atomic E-state index is -3.24. The molecule has 0 radical (unpaired) electrons. The summed E-state index contributed by atoms with van der Waals surface area (Å²) < 4.78 is 23.8. The van der Waals surface area contributed by atoms with Crippen molar-refractivity contribution in [3.05, 3.63) is 47.9 Å². The quantitative estimate of drug-likeness (QED) is 0.761. The fourth-order valence-corrected chi connectivity index (χ4v) is 4.44. The summed E-state index contributed by atoms with van der Waals surface area (Å²) >= 11 is 0. The molecule has 1 aliphatic rings. The number of H-pyrrole nitrogens is 2. The lowest BCUT2D eigenvalue weighted by Crippen LogP contribution is -2.20. The van der Waals surface area contributed by atoms with E-state index in [1.165, 1.54) is 23.4 Å². The Morgan fingerprint density at radius 2 is 2.17 bits per heavy atom. The summed E-state index contributed by atoms with van der Waals surface area (Å²) in [6.07, 6.45) is 5.66. The molecule has 126 valence electrons. The number of likely N-dealkylation sites (tertiary alicyclic amines) is 1. The maximum absolute atomic E-state index is 11.9. The van der Waals surface area contributed by atoms with Crippen LogP contribution >= 0.6 is 0 Å². The summed E-state index contributed by atoms with van der Waals surface area (Å²) in [6, 6.07) is 8.29. The molecule has 3 aromatic rings. The Kier molecular flexibility index (Phi) is 3.69. The first-order chi connectivity index (χ1) is 11.5. The molecule has 1 saturated heterocycles. The number of para-hydroxylation sites is 1. The van der Waals surface area contributed by atoms with Gasteiger partial charge in [0.25, 0.3) is 0 Å². The Morgan fingerprint density at radius 3 is 3.00 bits per heavy atom. The summed E-state index contributed by atoms with van der Waals surface area (Å²) in [7, 11) is -3.24. The van der Waals surface area contributed by atoms with Gasteiger partial charge in [-0.1, -0.05) is 18.2 Å². The van der Waals surface area contributed by atoms with Crippen LogP contribution in [0.3, 0.4) is 0 Å². The maximum atomic E-state index is 11.9. The molecule has 4 rings (SSSR count). The van der Waals surface area contributed by atoms with Crippen LogP contribution in [0.15, 0.2) is 41.6 Å². The number of aromatic amines is 2. The van der Waals surface area contributed by atoms with Gasteiger partial charge in [0.1, 0.15) is 4.90 Å². The molecule has 0 unspecified atom stereocenters. The Morgan fingerprint density at radius 1 is 1.33 bits per heavy atom. The van der Waals surface area contributed by atoms with Crippen molar-refractivity contribution < 1.29 is 8.42 Å². The molecule has 1 aliphatic heterocycles. The van der Waals surface area contributed by atoms with Gasteiger partial charge in [-0.2, -0.15) is 5.10 Å². The van der Waals surface area contributed by atoms with Gasteiger partial charge in [-0.25, -0.2) is 8.42 Å². The molecule has 24 heavy (non-hydrogen) atoms. The average molecular weight is 344 g/mol. The minimum Gasteiger partial charge on any atom is -0.361 e. The summed E-state index contributed by atoms with van der Waals surface area (Å²) in [6.45, 7) is 2.65. The van der Waals surface area contributed by atoms with E-state index in [4.69, 9.17) is 0 Å². The first-order valence-corrected chi connectivity index (χ1v) is 9.92. The van der Waals surface area contributed by atoms with E-state index in [1.807, 2.05) is 6.07 Å². The first kappa shape index (κ1) is 15.4. The van der Waals surface area contributed by atoms with Crippen LogP contribution in [-0.2, 0) is 16.4 Å². The largest absolute Gasteiger partial charge is 0.361 e. The highest BCUT2D eigenvalue weighted by molar-refractivity contribution is 7.90. The predicted molar refractivity (Wildman–Crippen MR) is 92.6 cm³/mol. The Labute approximate surface area is 140 Å². The van der Waals surface area contributed by atoms with E-state index in [0.29, 0.717) is 4.90 Å². The highest BCUT2D eigenvalue weighted by atomic mass is 32.2. The van der Waals surface area contributed by atoms with Gasteiger partial charge in [0.2, 0.25) is 0 Å². The molecule has 2 aromatic heterocycles. The van der Waals surface area contributed by atoms with Gasteiger partial charge in [0.05, 0.1) is 11.9 Å². The number of hydrogen-bond donors (Lipinski definition) is 2. The Hall–Kier alpha value is -2.12. The molecule has 0 aliphatic carbocycles. The molecule has 3 heterocycles. The van der Waals surface area contributed by atoms with Gasteiger partial charge >= 0.3 is 0 Å². The van der Waals surface area contributed by atoms with Crippen LogP contribution in [0.2, 0.25) is 0 Å². The molecule has 0 bridgehead atoms. The Balaban J connectivity index is 1.52. The second kappa shape index (κ2) is 5.75. The molecular formula is C17H20N4O2S. The number of sulfone groups is 1. The molecule has 7 heteroatoms. The lowest BCUT2D eigenvalue weighted by atomic mass is 10.1. The van der Waals surface area contributed by atoms with Gasteiger partial charge < -0.3 is 4.98 Å². The van der Waals surface area contributed by atoms with Crippen LogP contribution in [0.5, 0.6) is 0 Å². The standard InChI is InChI=1S/C17H20N4O2S/c1-24(22,23)16-9-19-20-17(16)12-6-7-21(10-12)11-13-8-18-15-5-3-2-4-14(13)15/h2-5,8-9,12,18H,6-7,10-11H2,1H3,(H,19,20)/t12-/m0/s1. The van der Waals surface area contributed by atoms with Crippen LogP contribution in [-0.4, -0.2) is 47.8 Å². The summed E-state index contributed by atoms with van der Waals surface area (Å²) in [5.74, 6) is 0.183. The van der Waals surface area contributed by atoms with Crippen LogP contribution in [0.4, 0.5) is 0 Å². The van der Waals surface area contributed by atoms with Gasteiger partial charge in [-0.15, -0.1) is 0 Å². The summed E-state index contributed by atoms with van der Waals surface area (Å²) in [4.78, 5) is 6.01. The van der Waals surface area contributed by atoms with Crippen molar-refractivity contribution in [2.45, 2.75) is 23.8 Å². The topological polar surface area (TPSA) is 81.8 Å². The lowest BCUT2D eigenvalue weighted by Gasteiger charge is -2.15. The molecule has 2 N–H and O–H groups in total. The number of nitrogens with one attached hydrogen (secondary N) is 2. The highest BCUT2D eigenvalue weighted by Gasteiger charge is 2.29. The average Bonchev–Trinajstić information content (AvgIpc) is 3.25. The van der Waals surface area contributed by atoms with Crippen molar-refractivity contribution in [3.8, 4) is 0 Å². The van der Waals surface area contributed by atoms with Crippen LogP contribution < -0.4 is 0 Å². The number of fused-ring (bicyclic) bond motifs is 1. The Bertz CT molecular complexity index is 973. The maximum Gasteiger partial charge on any atom is 0.178 e. The molecule has 0 saturated carbocycles. The number of hydrogen-bond acceptors (Lipinski definition) is 4. The monoisotopic (exact) mass is 344 g/mol. The van der Waals surface area contributed by atoms with E-state index in [1.54, 1.807) is 0 Å². The van der Waals surface area contributed by atoms with Gasteiger partial charge in [-0.3, -0.25) is 10.00 Å². The molecule has 1 atom stereocenters. The van der Waals surface area contributed by atoms with Crippen molar-refractivity contribution in [1.82, 2.24) is 20.1 Å². The highest BCUT2D eigenvalue weighted by Crippen LogP contribution is 2.31. The fraction of sp³-hybridized carbons (Fsp3) is 0.353. The third-order valence-corrected chi connectivity index (χ3v) is 5.91. The van der Waals surface area contributed by atoms with E-state index in [9.17, 15) is 8.42 Å². The number of aromatic nitrogens is 3. The SMILES string of the molecule is CS(=O)(=O)c1cn[nH]c1[C@H]1CCN(Cc2c[nH]c3ccccc23)C1. The van der Waals surface area contributed by atoms with Crippen LogP contribution in [0.25, 0.3) is 10.9 Å². The van der Waals surface area contributed by atoms with E-state index in [-0.39, 0.29) is 5.92 Å². The van der Waals surface area contributed by atoms with Gasteiger partial charge in [0, 0.05) is 42.4 Å². The second-order valence-electron chi connectivity index (χ2n) is 6.50. The predicted octanol–water partition coefficient (Wildman–Crippen LogP) is 2.28. The zero-order valence-corrected chi connectivity index (χ0v) is 14.3. The minimum absolute atomic E-state index is 0.183. The van der Waals surface area contributed by atoms with Gasteiger partial charge in [0.15, 0.2) is 9.84 Å². The summed E-state index contributed by atoms with van der Waals surface area (Å²) in [5, 5.41) is 8.10. The molecular weight excluding hydrogens is 324 g/mol. The lowest BCUT2D eigenvalue weighted by molar-refractivity contribution is 0.327. The van der Waals surface area contributed by atoms with Gasteiger partial charge in [-0.05, 0) is 24.6 Å². The van der Waals surface area contributed by atoms with E-state index >= 15 is 0 Å². The third-order valence-electron chi connectivity index (χ3n) is 4.78. The van der Waals surface area contributed by atoms with Crippen molar-refractivity contribution >= 4 is 20.7 Å². The second-order valence-corrected chi connectivity index (χ2v) is 8.48. The smallest absolute Gasteiger partial charge is 0.178 e. The van der Waals surface area contributed by atoms with Crippen LogP contribution in [0.1, 0.15) is 23.6 Å². The zero-order chi connectivity index (χ0) is 16.7. The first-order valence-electron chi connectivity index (χ1n) is 8.03. The number of nitrogens with zero attached hydrogens (tertiary/aromatic N) is 2. The molecule has 0 spiro atoms. The zero-order valence-electron chi connectivity index (χ0n) is 13.5. The fourth-order valence-electron chi connectivity index (χ4n) is 3.59. The molecule has 1 aromatic carbocycles. The third kappa shape index (κ3) is 2.74.